The minimum absolute atomic E-state index is 0.332. The quantitative estimate of drug-likeness (QED) is 0.712. The predicted octanol–water partition coefficient (Wildman–Crippen LogP) is 1.05. The molecule has 0 radical (unpaired) electrons. The van der Waals surface area contributed by atoms with Crippen LogP contribution in [0.2, 0.25) is 0 Å². The second-order valence-corrected chi connectivity index (χ2v) is 5.64. The minimum Gasteiger partial charge on any atom is -0.444 e. The number of alkyl carbamates (subject to hydrolysis) is 1. The second-order valence-electron chi connectivity index (χ2n) is 5.64. The molecule has 2 amide bonds. The first-order valence-corrected chi connectivity index (χ1v) is 6.30. The van der Waals surface area contributed by atoms with E-state index >= 15 is 0 Å². The molecule has 0 spiro atoms. The number of nitrogen functional groups attached to an aromatic ring is 1. The molecule has 0 fully saturated rings. The number of amides is 2. The Kier molecular flexibility index (Phi) is 3.52. The third-order valence-corrected chi connectivity index (χ3v) is 2.67. The van der Waals surface area contributed by atoms with Crippen LogP contribution in [0.25, 0.3) is 0 Å². The van der Waals surface area contributed by atoms with E-state index in [9.17, 15) is 9.59 Å². The Bertz CT molecular complexity index is 551. The summed E-state index contributed by atoms with van der Waals surface area (Å²) < 4.78 is 5.13. The van der Waals surface area contributed by atoms with E-state index in [0.717, 1.165) is 5.56 Å². The molecule has 1 aliphatic rings. The van der Waals surface area contributed by atoms with Gasteiger partial charge in [-0.2, -0.15) is 0 Å². The summed E-state index contributed by atoms with van der Waals surface area (Å²) in [7, 11) is 0. The van der Waals surface area contributed by atoms with E-state index in [1.54, 1.807) is 32.9 Å². The summed E-state index contributed by atoms with van der Waals surface area (Å²) in [6.45, 7) is 5.28. The van der Waals surface area contributed by atoms with Gasteiger partial charge in [-0.1, -0.05) is 6.07 Å². The van der Waals surface area contributed by atoms with Gasteiger partial charge in [-0.05, 0) is 32.4 Å². The van der Waals surface area contributed by atoms with Gasteiger partial charge in [-0.25, -0.2) is 9.78 Å². The van der Waals surface area contributed by atoms with Crippen LogP contribution in [-0.4, -0.2) is 28.6 Å². The van der Waals surface area contributed by atoms with Crippen molar-refractivity contribution < 1.29 is 14.3 Å². The summed E-state index contributed by atoms with van der Waals surface area (Å²) in [4.78, 5) is 27.6. The summed E-state index contributed by atoms with van der Waals surface area (Å²) in [5, 5.41) is 5.17. The molecular weight excluding hydrogens is 260 g/mol. The van der Waals surface area contributed by atoms with Crippen LogP contribution in [0.15, 0.2) is 12.1 Å². The number of ether oxygens (including phenoxy) is 1. The Morgan fingerprint density at radius 1 is 1.50 bits per heavy atom. The maximum atomic E-state index is 11.9. The van der Waals surface area contributed by atoms with Gasteiger partial charge in [0.1, 0.15) is 23.3 Å². The van der Waals surface area contributed by atoms with Crippen molar-refractivity contribution in [1.29, 1.82) is 0 Å². The van der Waals surface area contributed by atoms with Crippen LogP contribution in [0.1, 0.15) is 26.3 Å². The summed E-state index contributed by atoms with van der Waals surface area (Å²) in [6, 6.07) is 2.75. The maximum absolute atomic E-state index is 11.9. The number of pyridine rings is 1. The van der Waals surface area contributed by atoms with E-state index in [1.165, 1.54) is 0 Å². The number of fused-ring (bicyclic) bond motifs is 1. The highest BCUT2D eigenvalue weighted by atomic mass is 16.6. The summed E-state index contributed by atoms with van der Waals surface area (Å²) in [5.41, 5.74) is 5.77. The Labute approximate surface area is 116 Å². The Morgan fingerprint density at radius 3 is 2.85 bits per heavy atom. The van der Waals surface area contributed by atoms with E-state index in [-0.39, 0.29) is 5.91 Å². The zero-order valence-electron chi connectivity index (χ0n) is 11.7. The molecule has 0 saturated heterocycles. The Hall–Kier alpha value is -2.31. The van der Waals surface area contributed by atoms with Gasteiger partial charge in [-0.3, -0.25) is 4.79 Å². The zero-order valence-corrected chi connectivity index (χ0v) is 11.7. The Morgan fingerprint density at radius 2 is 2.20 bits per heavy atom. The number of carbonyl (C=O) groups is 2. The molecule has 0 bridgehead atoms. The molecule has 0 saturated carbocycles. The lowest BCUT2D eigenvalue weighted by molar-refractivity contribution is -0.118. The molecule has 20 heavy (non-hydrogen) atoms. The fourth-order valence-electron chi connectivity index (χ4n) is 1.86. The fraction of sp³-hybridized carbons (Fsp3) is 0.462. The monoisotopic (exact) mass is 278 g/mol. The molecule has 7 heteroatoms. The highest BCUT2D eigenvalue weighted by Gasteiger charge is 2.29. The number of hydrogen-bond acceptors (Lipinski definition) is 5. The average molecular weight is 278 g/mol. The number of aromatic nitrogens is 1. The third-order valence-electron chi connectivity index (χ3n) is 2.67. The van der Waals surface area contributed by atoms with E-state index < -0.39 is 17.7 Å². The largest absolute Gasteiger partial charge is 0.444 e. The molecule has 0 aromatic carbocycles. The SMILES string of the molecule is CC(C)(C)OC(=O)NC1Cc2ccc(N)nc2NC1=O. The van der Waals surface area contributed by atoms with Crippen molar-refractivity contribution in [2.75, 3.05) is 11.1 Å². The smallest absolute Gasteiger partial charge is 0.408 e. The summed E-state index contributed by atoms with van der Waals surface area (Å²) in [6.07, 6.45) is -0.266. The van der Waals surface area contributed by atoms with Crippen LogP contribution in [0.5, 0.6) is 0 Å². The molecule has 1 aliphatic heterocycles. The van der Waals surface area contributed by atoms with E-state index in [2.05, 4.69) is 15.6 Å². The Balaban J connectivity index is 2.06. The van der Waals surface area contributed by atoms with Crippen LogP contribution in [0.4, 0.5) is 16.4 Å². The third kappa shape index (κ3) is 3.37. The van der Waals surface area contributed by atoms with E-state index in [1.807, 2.05) is 0 Å². The minimum atomic E-state index is -0.678. The van der Waals surface area contributed by atoms with Gasteiger partial charge in [0.05, 0.1) is 0 Å². The number of hydrogen-bond donors (Lipinski definition) is 3. The molecule has 7 nitrogen and oxygen atoms in total. The average Bonchev–Trinajstić information content (AvgIpc) is 2.28. The van der Waals surface area contributed by atoms with Crippen LogP contribution in [-0.2, 0) is 16.0 Å². The van der Waals surface area contributed by atoms with Gasteiger partial charge in [-0.15, -0.1) is 0 Å². The van der Waals surface area contributed by atoms with Gasteiger partial charge in [0.2, 0.25) is 5.91 Å². The lowest BCUT2D eigenvalue weighted by atomic mass is 10.0. The number of anilines is 2. The molecule has 1 atom stereocenters. The van der Waals surface area contributed by atoms with Gasteiger partial charge < -0.3 is 21.1 Å². The van der Waals surface area contributed by atoms with Gasteiger partial charge >= 0.3 is 6.09 Å². The van der Waals surface area contributed by atoms with Crippen LogP contribution in [0.3, 0.4) is 0 Å². The van der Waals surface area contributed by atoms with Crippen molar-refractivity contribution in [2.45, 2.75) is 38.8 Å². The number of carbonyl (C=O) groups excluding carboxylic acids is 2. The number of nitrogens with two attached hydrogens (primary N) is 1. The summed E-state index contributed by atoms with van der Waals surface area (Å²) >= 11 is 0. The van der Waals surface area contributed by atoms with Gasteiger partial charge in [0.25, 0.3) is 0 Å². The highest BCUT2D eigenvalue weighted by Crippen LogP contribution is 2.21. The first kappa shape index (κ1) is 14.1. The molecule has 0 aliphatic carbocycles. The lowest BCUT2D eigenvalue weighted by Crippen LogP contribution is -2.49. The van der Waals surface area contributed by atoms with E-state index in [4.69, 9.17) is 10.5 Å². The topological polar surface area (TPSA) is 106 Å². The second kappa shape index (κ2) is 4.99. The van der Waals surface area contributed by atoms with Gasteiger partial charge in [0.15, 0.2) is 0 Å². The van der Waals surface area contributed by atoms with E-state index in [0.29, 0.717) is 18.1 Å². The predicted molar refractivity (Wildman–Crippen MR) is 74.1 cm³/mol. The van der Waals surface area contributed by atoms with Crippen LogP contribution in [0, 0.1) is 0 Å². The van der Waals surface area contributed by atoms with Gasteiger partial charge in [0, 0.05) is 6.42 Å². The van der Waals surface area contributed by atoms with Crippen LogP contribution < -0.4 is 16.4 Å². The maximum Gasteiger partial charge on any atom is 0.408 e. The number of rotatable bonds is 1. The number of nitrogens with one attached hydrogen (secondary N) is 2. The zero-order chi connectivity index (χ0) is 14.9. The molecule has 4 N–H and O–H groups in total. The fourth-order valence-corrected chi connectivity index (χ4v) is 1.86. The van der Waals surface area contributed by atoms with Crippen molar-refractivity contribution in [3.8, 4) is 0 Å². The molecule has 2 heterocycles. The van der Waals surface area contributed by atoms with Crippen LogP contribution >= 0.6 is 0 Å². The molecule has 108 valence electrons. The normalized spacial score (nSPS) is 17.9. The van der Waals surface area contributed by atoms with Crippen molar-refractivity contribution in [3.63, 3.8) is 0 Å². The molecule has 1 aromatic heterocycles. The molecule has 1 aromatic rings. The lowest BCUT2D eigenvalue weighted by Gasteiger charge is -2.26. The standard InChI is InChI=1S/C13H18N4O3/c1-13(2,3)20-12(19)15-8-6-7-4-5-9(14)16-10(7)17-11(8)18/h4-5,8H,6H2,1-3H3,(H,15,19)(H3,14,16,17,18). The molecule has 1 unspecified atom stereocenters. The van der Waals surface area contributed by atoms with Crippen molar-refractivity contribution in [3.05, 3.63) is 17.7 Å². The van der Waals surface area contributed by atoms with Crippen molar-refractivity contribution in [2.24, 2.45) is 0 Å². The molecular formula is C13H18N4O3. The summed E-state index contributed by atoms with van der Waals surface area (Å²) in [5.74, 6) is 0.446. The first-order valence-electron chi connectivity index (χ1n) is 6.30. The number of nitrogens with zero attached hydrogens (tertiary/aromatic N) is 1. The van der Waals surface area contributed by atoms with Crippen molar-refractivity contribution in [1.82, 2.24) is 10.3 Å². The first-order chi connectivity index (χ1) is 9.24. The molecule has 2 rings (SSSR count). The van der Waals surface area contributed by atoms with Crippen molar-refractivity contribution >= 4 is 23.6 Å². The highest BCUT2D eigenvalue weighted by molar-refractivity contribution is 5.98.